The van der Waals surface area contributed by atoms with Crippen LogP contribution in [0.5, 0.6) is 0 Å². The van der Waals surface area contributed by atoms with Crippen LogP contribution in [0.4, 0.5) is 13.2 Å². The molecule has 1 aliphatic rings. The van der Waals surface area contributed by atoms with Gasteiger partial charge < -0.3 is 21.4 Å². The lowest BCUT2D eigenvalue weighted by Gasteiger charge is -2.35. The second-order valence-electron chi connectivity index (χ2n) is 5.22. The normalized spacial score (nSPS) is 17.0. The quantitative estimate of drug-likeness (QED) is 0.591. The van der Waals surface area contributed by atoms with E-state index in [0.29, 0.717) is 13.1 Å². The topological polar surface area (TPSA) is 103 Å². The van der Waals surface area contributed by atoms with Gasteiger partial charge in [0.2, 0.25) is 5.91 Å². The number of primary amides is 1. The van der Waals surface area contributed by atoms with Crippen molar-refractivity contribution >= 4 is 24.2 Å². The van der Waals surface area contributed by atoms with Crippen LogP contribution in [0.1, 0.15) is 20.8 Å². The zero-order valence-electron chi connectivity index (χ0n) is 12.7. The van der Waals surface area contributed by atoms with Gasteiger partial charge in [0.25, 0.3) is 5.91 Å². The molecule has 0 bridgehead atoms. The summed E-state index contributed by atoms with van der Waals surface area (Å²) < 4.78 is 39.6. The smallest absolute Gasteiger partial charge is 0.366 e. The standard InChI is InChI=1S/C13H18F3N5O2.ClH/c14-13(15,16)10(21-3-1-18-2-4-21)7-20-12(23)9-5-8(6-19-9)11(17)22;/h5-6,10,18-19H,1-4,7H2,(H2,17,22)(H,20,23);1H. The fourth-order valence-electron chi connectivity index (χ4n) is 2.40. The monoisotopic (exact) mass is 369 g/mol. The summed E-state index contributed by atoms with van der Waals surface area (Å²) in [6.45, 7) is 0.897. The molecule has 5 N–H and O–H groups in total. The Bertz CT molecular complexity index is 572. The maximum absolute atomic E-state index is 13.2. The van der Waals surface area contributed by atoms with Crippen molar-refractivity contribution in [1.29, 1.82) is 0 Å². The van der Waals surface area contributed by atoms with Gasteiger partial charge in [0.05, 0.1) is 5.56 Å². The minimum atomic E-state index is -4.45. The number of aromatic nitrogens is 1. The summed E-state index contributed by atoms with van der Waals surface area (Å²) in [5, 5.41) is 5.23. The number of halogens is 4. The summed E-state index contributed by atoms with van der Waals surface area (Å²) in [5.74, 6) is -1.45. The molecule has 11 heteroatoms. The van der Waals surface area contributed by atoms with E-state index >= 15 is 0 Å². The van der Waals surface area contributed by atoms with Crippen molar-refractivity contribution in [3.05, 3.63) is 23.5 Å². The van der Waals surface area contributed by atoms with E-state index in [4.69, 9.17) is 5.73 Å². The maximum Gasteiger partial charge on any atom is 0.405 e. The van der Waals surface area contributed by atoms with E-state index < -0.39 is 30.6 Å². The van der Waals surface area contributed by atoms with Crippen molar-refractivity contribution in [2.75, 3.05) is 32.7 Å². The van der Waals surface area contributed by atoms with Crippen LogP contribution in [0.25, 0.3) is 0 Å². The number of H-pyrrole nitrogens is 1. The molecule has 0 aromatic carbocycles. The molecule has 2 amide bonds. The molecule has 0 spiro atoms. The van der Waals surface area contributed by atoms with Gasteiger partial charge >= 0.3 is 6.18 Å². The van der Waals surface area contributed by atoms with Crippen molar-refractivity contribution in [3.63, 3.8) is 0 Å². The van der Waals surface area contributed by atoms with Gasteiger partial charge in [-0.25, -0.2) is 0 Å². The molecule has 1 aliphatic heterocycles. The van der Waals surface area contributed by atoms with E-state index in [1.165, 1.54) is 17.2 Å². The Kier molecular flexibility index (Phi) is 7.06. The minimum absolute atomic E-state index is 0. The molecule has 1 unspecified atom stereocenters. The third-order valence-corrected chi connectivity index (χ3v) is 3.64. The Morgan fingerprint density at radius 1 is 1.33 bits per heavy atom. The van der Waals surface area contributed by atoms with E-state index in [-0.39, 0.29) is 36.8 Å². The summed E-state index contributed by atoms with van der Waals surface area (Å²) >= 11 is 0. The second-order valence-corrected chi connectivity index (χ2v) is 5.22. The predicted molar refractivity (Wildman–Crippen MR) is 83.2 cm³/mol. The molecule has 1 aromatic rings. The fraction of sp³-hybridized carbons (Fsp3) is 0.538. The van der Waals surface area contributed by atoms with Crippen molar-refractivity contribution in [2.45, 2.75) is 12.2 Å². The molecule has 1 saturated heterocycles. The average Bonchev–Trinajstić information content (AvgIpc) is 2.97. The lowest BCUT2D eigenvalue weighted by molar-refractivity contribution is -0.183. The fourth-order valence-corrected chi connectivity index (χ4v) is 2.40. The first-order chi connectivity index (χ1) is 10.8. The van der Waals surface area contributed by atoms with Crippen LogP contribution in [0.15, 0.2) is 12.3 Å². The number of carbonyl (C=O) groups is 2. The van der Waals surface area contributed by atoms with Crippen LogP contribution < -0.4 is 16.4 Å². The first kappa shape index (κ1) is 20.3. The van der Waals surface area contributed by atoms with Gasteiger partial charge in [-0.3, -0.25) is 14.5 Å². The van der Waals surface area contributed by atoms with Gasteiger partial charge in [-0.15, -0.1) is 12.4 Å². The van der Waals surface area contributed by atoms with Crippen LogP contribution in [0, 0.1) is 0 Å². The van der Waals surface area contributed by atoms with Crippen LogP contribution in [-0.2, 0) is 0 Å². The molecule has 1 fully saturated rings. The van der Waals surface area contributed by atoms with Crippen molar-refractivity contribution in [1.82, 2.24) is 20.5 Å². The molecule has 24 heavy (non-hydrogen) atoms. The van der Waals surface area contributed by atoms with E-state index in [0.717, 1.165) is 0 Å². The van der Waals surface area contributed by atoms with Gasteiger partial charge in [0.15, 0.2) is 0 Å². The Balaban J connectivity index is 0.00000288. The van der Waals surface area contributed by atoms with Crippen LogP contribution in [-0.4, -0.2) is 66.6 Å². The summed E-state index contributed by atoms with van der Waals surface area (Å²) in [6.07, 6.45) is -3.21. The molecule has 0 saturated carbocycles. The molecular formula is C13H19ClF3N5O2. The van der Waals surface area contributed by atoms with Crippen LogP contribution >= 0.6 is 12.4 Å². The third kappa shape index (κ3) is 5.11. The molecule has 2 heterocycles. The number of hydrogen-bond acceptors (Lipinski definition) is 4. The Morgan fingerprint density at radius 2 is 1.96 bits per heavy atom. The molecular weight excluding hydrogens is 351 g/mol. The number of rotatable bonds is 5. The molecule has 0 aliphatic carbocycles. The molecule has 1 atom stereocenters. The van der Waals surface area contributed by atoms with Gasteiger partial charge in [-0.1, -0.05) is 0 Å². The first-order valence-electron chi connectivity index (χ1n) is 7.07. The van der Waals surface area contributed by atoms with Gasteiger partial charge in [0.1, 0.15) is 11.7 Å². The summed E-state index contributed by atoms with van der Waals surface area (Å²) in [4.78, 5) is 26.7. The number of nitrogens with two attached hydrogens (primary N) is 1. The number of hydrogen-bond donors (Lipinski definition) is 4. The number of piperazine rings is 1. The molecule has 136 valence electrons. The first-order valence-corrected chi connectivity index (χ1v) is 7.07. The molecule has 0 radical (unpaired) electrons. The summed E-state index contributed by atoms with van der Waals surface area (Å²) in [6, 6.07) is -0.551. The van der Waals surface area contributed by atoms with Crippen molar-refractivity contribution in [3.8, 4) is 0 Å². The largest absolute Gasteiger partial charge is 0.405 e. The van der Waals surface area contributed by atoms with Gasteiger partial charge in [0, 0.05) is 38.9 Å². The zero-order chi connectivity index (χ0) is 17.0. The lowest BCUT2D eigenvalue weighted by Crippen LogP contribution is -2.57. The Labute approximate surface area is 142 Å². The summed E-state index contributed by atoms with van der Waals surface area (Å²) in [5.41, 5.74) is 5.13. The zero-order valence-corrected chi connectivity index (χ0v) is 13.5. The third-order valence-electron chi connectivity index (χ3n) is 3.64. The molecule has 2 rings (SSSR count). The lowest BCUT2D eigenvalue weighted by atomic mass is 10.2. The van der Waals surface area contributed by atoms with Crippen molar-refractivity contribution in [2.24, 2.45) is 5.73 Å². The predicted octanol–water partition coefficient (Wildman–Crippen LogP) is 0.101. The number of alkyl halides is 3. The highest BCUT2D eigenvalue weighted by Crippen LogP contribution is 2.24. The Morgan fingerprint density at radius 3 is 2.46 bits per heavy atom. The summed E-state index contributed by atoms with van der Waals surface area (Å²) in [7, 11) is 0. The van der Waals surface area contributed by atoms with E-state index in [1.807, 2.05) is 0 Å². The average molecular weight is 370 g/mol. The number of amides is 2. The van der Waals surface area contributed by atoms with E-state index in [9.17, 15) is 22.8 Å². The number of carbonyl (C=O) groups excluding carboxylic acids is 2. The van der Waals surface area contributed by atoms with E-state index in [2.05, 4.69) is 15.6 Å². The number of aromatic amines is 1. The highest BCUT2D eigenvalue weighted by Gasteiger charge is 2.43. The second kappa shape index (κ2) is 8.36. The van der Waals surface area contributed by atoms with Crippen molar-refractivity contribution < 1.29 is 22.8 Å². The van der Waals surface area contributed by atoms with Gasteiger partial charge in [-0.2, -0.15) is 13.2 Å². The molecule has 7 nitrogen and oxygen atoms in total. The highest BCUT2D eigenvalue weighted by atomic mass is 35.5. The number of nitrogens with zero attached hydrogens (tertiary/aromatic N) is 1. The van der Waals surface area contributed by atoms with Crippen LogP contribution in [0.2, 0.25) is 0 Å². The minimum Gasteiger partial charge on any atom is -0.366 e. The Hall–Kier alpha value is -1.78. The number of nitrogens with one attached hydrogen (secondary N) is 3. The van der Waals surface area contributed by atoms with Gasteiger partial charge in [-0.05, 0) is 6.07 Å². The maximum atomic E-state index is 13.2. The SMILES string of the molecule is Cl.NC(=O)c1c[nH]c(C(=O)NCC(N2CCNCC2)C(F)(F)F)c1. The van der Waals surface area contributed by atoms with Crippen LogP contribution in [0.3, 0.4) is 0 Å². The highest BCUT2D eigenvalue weighted by molar-refractivity contribution is 5.98. The van der Waals surface area contributed by atoms with E-state index in [1.54, 1.807) is 0 Å². The molecule has 1 aromatic heterocycles.